The van der Waals surface area contributed by atoms with Crippen molar-refractivity contribution in [3.05, 3.63) is 191 Å². The molecule has 0 rings (SSSR count). The summed E-state index contributed by atoms with van der Waals surface area (Å²) in [4.78, 5) is 0. The molecule has 0 bridgehead atoms. The van der Waals surface area contributed by atoms with Crippen molar-refractivity contribution < 1.29 is 0 Å². The lowest BCUT2D eigenvalue weighted by atomic mass is 9.93. The van der Waals surface area contributed by atoms with E-state index >= 15 is 0 Å². The maximum Gasteiger partial charge on any atom is -0.00515 e. The van der Waals surface area contributed by atoms with Crippen LogP contribution < -0.4 is 0 Å². The van der Waals surface area contributed by atoms with Crippen molar-refractivity contribution in [2.24, 2.45) is 11.8 Å². The fourth-order valence-corrected chi connectivity index (χ4v) is 7.51. The minimum atomic E-state index is 0.517. The summed E-state index contributed by atoms with van der Waals surface area (Å²) in [7, 11) is 0. The van der Waals surface area contributed by atoms with Gasteiger partial charge in [-0.15, -0.1) is 32.9 Å². The molecule has 0 radical (unpaired) electrons. The molecule has 74 heavy (non-hydrogen) atoms. The minimum Gasteiger partial charge on any atom is -0.103 e. The van der Waals surface area contributed by atoms with Gasteiger partial charge in [0.05, 0.1) is 0 Å². The highest BCUT2D eigenvalue weighted by atomic mass is 14.1. The summed E-state index contributed by atoms with van der Waals surface area (Å²) < 4.78 is 0. The van der Waals surface area contributed by atoms with E-state index in [1.807, 2.05) is 30.4 Å². The van der Waals surface area contributed by atoms with E-state index in [0.717, 1.165) is 51.4 Å². The predicted molar refractivity (Wildman–Crippen MR) is 351 cm³/mol. The van der Waals surface area contributed by atoms with Gasteiger partial charge in [-0.2, -0.15) is 0 Å². The number of hydrogen-bond acceptors (Lipinski definition) is 0. The average Bonchev–Trinajstić information content (AvgIpc) is 3.38. The Balaban J connectivity index is -0.000000269. The Labute approximate surface area is 466 Å². The maximum absolute atomic E-state index is 3.75. The highest BCUT2D eigenvalue weighted by molar-refractivity contribution is 5.19. The Bertz CT molecular complexity index is 1760. The topological polar surface area (TPSA) is 0 Å². The SMILES string of the molecule is C=CCC/C(C)=C\CC/C(=C\C)CC.C=CCC/C=C(\C)CC/C(=C\C)CC.C=CCC/C=C(\CC)CC/C=C(/C)CC.C=CCC/C=C(\CC)CCC=C(C)C.C=CCC=C(C)C(C)C=C(C)C(C)C=C(C)C. The molecule has 0 heteroatoms. The van der Waals surface area contributed by atoms with Crippen molar-refractivity contribution in [3.8, 4) is 0 Å². The zero-order chi connectivity index (χ0) is 57.4. The first-order chi connectivity index (χ1) is 35.3. The second kappa shape index (κ2) is 59.7. The van der Waals surface area contributed by atoms with E-state index < -0.39 is 0 Å². The molecule has 0 spiro atoms. The zero-order valence-electron chi connectivity index (χ0n) is 53.0. The largest absolute Gasteiger partial charge is 0.103 e. The Hall–Kier alpha value is -4.16. The van der Waals surface area contributed by atoms with Crippen LogP contribution in [0.1, 0.15) is 266 Å². The van der Waals surface area contributed by atoms with Crippen LogP contribution >= 0.6 is 0 Å². The highest BCUT2D eigenvalue weighted by Gasteiger charge is 2.05. The van der Waals surface area contributed by atoms with Gasteiger partial charge >= 0.3 is 0 Å². The number of rotatable bonds is 35. The fourth-order valence-electron chi connectivity index (χ4n) is 7.51. The van der Waals surface area contributed by atoms with E-state index in [-0.39, 0.29) is 0 Å². The van der Waals surface area contributed by atoms with Gasteiger partial charge < -0.3 is 0 Å². The Morgan fingerprint density at radius 2 is 0.716 bits per heavy atom. The van der Waals surface area contributed by atoms with Crippen LogP contribution in [-0.4, -0.2) is 0 Å². The van der Waals surface area contributed by atoms with Gasteiger partial charge in [0.1, 0.15) is 0 Å². The van der Waals surface area contributed by atoms with Gasteiger partial charge in [0.15, 0.2) is 0 Å². The molecule has 0 aliphatic heterocycles. The molecule has 0 aromatic heterocycles. The van der Waals surface area contributed by atoms with Gasteiger partial charge in [-0.1, -0.05) is 207 Å². The van der Waals surface area contributed by atoms with Crippen LogP contribution in [0.2, 0.25) is 0 Å². The van der Waals surface area contributed by atoms with E-state index in [2.05, 4.69) is 224 Å². The van der Waals surface area contributed by atoms with Crippen molar-refractivity contribution in [2.45, 2.75) is 266 Å². The highest BCUT2D eigenvalue weighted by Crippen LogP contribution is 2.21. The summed E-state index contributed by atoms with van der Waals surface area (Å²) in [5.41, 5.74) is 16.5. The van der Waals surface area contributed by atoms with E-state index in [4.69, 9.17) is 0 Å². The molecular formula is C74H126. The van der Waals surface area contributed by atoms with Crippen molar-refractivity contribution in [1.82, 2.24) is 0 Å². The fraction of sp³-hybridized carbons (Fsp3) is 0.568. The first-order valence-corrected chi connectivity index (χ1v) is 29.6. The molecule has 0 aromatic carbocycles. The van der Waals surface area contributed by atoms with Crippen LogP contribution in [-0.2, 0) is 0 Å². The Kier molecular flexibility index (Phi) is 63.5. The van der Waals surface area contributed by atoms with Crippen LogP contribution in [0.5, 0.6) is 0 Å². The van der Waals surface area contributed by atoms with Crippen molar-refractivity contribution in [1.29, 1.82) is 0 Å². The summed E-state index contributed by atoms with van der Waals surface area (Å²) >= 11 is 0. The van der Waals surface area contributed by atoms with Gasteiger partial charge in [-0.25, -0.2) is 0 Å². The molecule has 0 aliphatic carbocycles. The lowest BCUT2D eigenvalue weighted by Gasteiger charge is -2.13. The average molecular weight is 1020 g/mol. The molecule has 0 heterocycles. The molecule has 422 valence electrons. The van der Waals surface area contributed by atoms with Gasteiger partial charge in [-0.05, 0) is 229 Å². The van der Waals surface area contributed by atoms with E-state index in [1.54, 1.807) is 22.3 Å². The summed E-state index contributed by atoms with van der Waals surface area (Å²) in [5.74, 6) is 1.05. The first-order valence-electron chi connectivity index (χ1n) is 29.6. The van der Waals surface area contributed by atoms with Crippen molar-refractivity contribution in [2.75, 3.05) is 0 Å². The second-order valence-electron chi connectivity index (χ2n) is 20.6. The summed E-state index contributed by atoms with van der Waals surface area (Å²) in [6.45, 7) is 58.3. The molecule has 0 amide bonds. The number of unbranched alkanes of at least 4 members (excludes halogenated alkanes) is 3. The van der Waals surface area contributed by atoms with E-state index in [0.29, 0.717) is 11.8 Å². The third-order valence-electron chi connectivity index (χ3n) is 13.3. The van der Waals surface area contributed by atoms with Crippen molar-refractivity contribution >= 4 is 0 Å². The monoisotopic (exact) mass is 1010 g/mol. The predicted octanol–water partition coefficient (Wildman–Crippen LogP) is 26.2. The Morgan fingerprint density at radius 3 is 1.12 bits per heavy atom. The molecule has 0 saturated carbocycles. The summed E-state index contributed by atoms with van der Waals surface area (Å²) in [5, 5.41) is 0. The Morgan fingerprint density at radius 1 is 0.324 bits per heavy atom. The summed E-state index contributed by atoms with van der Waals surface area (Å²) in [6.07, 6.45) is 61.1. The first kappa shape index (κ1) is 78.7. The normalized spacial score (nSPS) is 13.5. The van der Waals surface area contributed by atoms with Crippen LogP contribution in [0.25, 0.3) is 0 Å². The molecule has 0 N–H and O–H groups in total. The van der Waals surface area contributed by atoms with Crippen LogP contribution in [0, 0.1) is 11.8 Å². The summed E-state index contributed by atoms with van der Waals surface area (Å²) in [6, 6.07) is 0. The molecule has 0 fully saturated rings. The van der Waals surface area contributed by atoms with Crippen LogP contribution in [0.4, 0.5) is 0 Å². The lowest BCUT2D eigenvalue weighted by molar-refractivity contribution is 0.789. The van der Waals surface area contributed by atoms with E-state index in [1.165, 1.54) is 129 Å². The lowest BCUT2D eigenvalue weighted by Crippen LogP contribution is -1.98. The van der Waals surface area contributed by atoms with Gasteiger partial charge in [-0.3, -0.25) is 0 Å². The second-order valence-corrected chi connectivity index (χ2v) is 20.6. The molecule has 0 aliphatic rings. The molecule has 0 nitrogen and oxygen atoms in total. The quantitative estimate of drug-likeness (QED) is 0.0438. The van der Waals surface area contributed by atoms with Gasteiger partial charge in [0, 0.05) is 0 Å². The maximum atomic E-state index is 3.75. The number of allylic oxidation sites excluding steroid dienone is 27. The molecular weight excluding hydrogens is 889 g/mol. The number of hydrogen-bond donors (Lipinski definition) is 0. The van der Waals surface area contributed by atoms with Crippen LogP contribution in [0.15, 0.2) is 191 Å². The standard InChI is InChI=1S/C17H28.C15H26.3C14H24/c1-8-9-10-14(4)16(6)12-17(7)15(5)11-13(2)3;1-5-8-9-12-15(7-3)13-10-11-14(4)6-2;1-5-7-8-11-14(6-2)12-9-10-13(3)4;1-5-8-10-13(4)11-9-12-14(6-2)7-3;1-5-8-9-10-13(4)11-12-14(6-2)7-3/h8,10-12,15-16H,1,9H2,2-7H3;5,11-12H,1,6-10,13H2,2-4H3;5,10-11H,1,6-9,12H2,2-4H3;5-6,11H,1,7-10,12H2,2-4H3;5-6,10H,1,7-9,11-12H2,2-4H3/b;14-11-,15-12+;14-11+;13-11-,14-6-;13-10+,14-6-. The van der Waals surface area contributed by atoms with Gasteiger partial charge in [0.25, 0.3) is 0 Å². The molecule has 0 aromatic rings. The minimum absolute atomic E-state index is 0.517. The molecule has 2 unspecified atom stereocenters. The third-order valence-corrected chi connectivity index (χ3v) is 13.3. The van der Waals surface area contributed by atoms with Gasteiger partial charge in [0.2, 0.25) is 0 Å². The van der Waals surface area contributed by atoms with E-state index in [9.17, 15) is 0 Å². The molecule has 2 atom stereocenters. The smallest absolute Gasteiger partial charge is 0.00515 e. The molecule has 0 saturated heterocycles. The zero-order valence-corrected chi connectivity index (χ0v) is 53.0. The van der Waals surface area contributed by atoms with Crippen LogP contribution in [0.3, 0.4) is 0 Å². The third kappa shape index (κ3) is 58.7. The van der Waals surface area contributed by atoms with Crippen molar-refractivity contribution in [3.63, 3.8) is 0 Å².